The molecule has 160 valence electrons. The van der Waals surface area contributed by atoms with Gasteiger partial charge in [0.2, 0.25) is 0 Å². The maximum absolute atomic E-state index is 13.3. The van der Waals surface area contributed by atoms with E-state index < -0.39 is 35.6 Å². The number of hydrogen-bond acceptors (Lipinski definition) is 4. The van der Waals surface area contributed by atoms with Gasteiger partial charge in [0.15, 0.2) is 0 Å². The highest BCUT2D eigenvalue weighted by Gasteiger charge is 2.38. The molecule has 4 nitrogen and oxygen atoms in total. The lowest BCUT2D eigenvalue weighted by molar-refractivity contribution is -0.143. The molecule has 2 aromatic carbocycles. The van der Waals surface area contributed by atoms with Crippen molar-refractivity contribution in [3.05, 3.63) is 58.2 Å². The van der Waals surface area contributed by atoms with Crippen LogP contribution in [-0.2, 0) is 23.8 Å². The Morgan fingerprint density at radius 1 is 1.07 bits per heavy atom. The monoisotopic (exact) mass is 432 g/mol. The average molecular weight is 432 g/mol. The van der Waals surface area contributed by atoms with Crippen molar-refractivity contribution in [1.82, 2.24) is 0 Å². The normalized spacial score (nSPS) is 13.8. The van der Waals surface area contributed by atoms with Crippen molar-refractivity contribution in [2.75, 3.05) is 13.7 Å². The summed E-state index contributed by atoms with van der Waals surface area (Å²) in [6, 6.07) is 4.13. The molecule has 1 aliphatic rings. The second-order valence-electron chi connectivity index (χ2n) is 6.32. The fourth-order valence-electron chi connectivity index (χ4n) is 2.85. The van der Waals surface area contributed by atoms with Crippen LogP contribution in [0, 0.1) is 0 Å². The van der Waals surface area contributed by atoms with Gasteiger partial charge >= 0.3 is 12.4 Å². The third-order valence-corrected chi connectivity index (χ3v) is 4.31. The van der Waals surface area contributed by atoms with E-state index in [0.717, 1.165) is 6.07 Å². The maximum atomic E-state index is 13.3. The van der Waals surface area contributed by atoms with Crippen molar-refractivity contribution < 1.29 is 45.3 Å². The molecular weight excluding hydrogens is 418 g/mol. The highest BCUT2D eigenvalue weighted by atomic mass is 19.4. The lowest BCUT2D eigenvalue weighted by Gasteiger charge is -2.20. The van der Waals surface area contributed by atoms with Gasteiger partial charge in [0.25, 0.3) is 0 Å². The van der Waals surface area contributed by atoms with Gasteiger partial charge in [0.05, 0.1) is 23.8 Å². The molecule has 0 radical (unpaired) electrons. The molecule has 30 heavy (non-hydrogen) atoms. The van der Waals surface area contributed by atoms with Crippen LogP contribution in [-0.4, -0.2) is 20.0 Å². The Kier molecular flexibility index (Phi) is 5.69. The summed E-state index contributed by atoms with van der Waals surface area (Å²) in [6.07, 6.45) is -7.73. The minimum atomic E-state index is -4.99. The number of hydrogen-bond donors (Lipinski definition) is 0. The molecule has 1 aliphatic heterocycles. The lowest BCUT2D eigenvalue weighted by Crippen LogP contribution is -2.14. The van der Waals surface area contributed by atoms with E-state index in [0.29, 0.717) is 29.2 Å². The van der Waals surface area contributed by atoms with Gasteiger partial charge in [0.1, 0.15) is 36.7 Å². The quantitative estimate of drug-likeness (QED) is 0.476. The van der Waals surface area contributed by atoms with E-state index in [9.17, 15) is 31.1 Å². The molecule has 0 atom stereocenters. The van der Waals surface area contributed by atoms with E-state index in [1.165, 1.54) is 19.2 Å². The first-order valence-electron chi connectivity index (χ1n) is 8.43. The minimum absolute atomic E-state index is 0.000232. The fraction of sp³-hybridized carbons (Fsp3) is 0.250. The smallest absolute Gasteiger partial charge is 0.416 e. The van der Waals surface area contributed by atoms with Crippen molar-refractivity contribution in [3.63, 3.8) is 0 Å². The third kappa shape index (κ3) is 4.52. The van der Waals surface area contributed by atoms with Crippen LogP contribution in [0.4, 0.5) is 26.3 Å². The highest BCUT2D eigenvalue weighted by molar-refractivity contribution is 5.86. The molecule has 0 N–H and O–H groups in total. The van der Waals surface area contributed by atoms with Gasteiger partial charge in [-0.05, 0) is 18.2 Å². The standard InChI is InChI=1S/C20H14F6O4/c1-28-17-6-14(7-18-15(17)4-11(8-27)9-30-18)29-10-12-2-3-13(19(21,22)23)5-16(12)20(24,25)26/h2-8H,9-10H2,1H3. The SMILES string of the molecule is COc1cc(OCc2ccc(C(F)(F)F)cc2C(F)(F)F)cc2c1C=C(C=O)CO2. The van der Waals surface area contributed by atoms with Gasteiger partial charge in [-0.1, -0.05) is 6.07 Å². The predicted molar refractivity (Wildman–Crippen MR) is 93.3 cm³/mol. The molecule has 2 aromatic rings. The van der Waals surface area contributed by atoms with E-state index >= 15 is 0 Å². The molecule has 0 aromatic heterocycles. The van der Waals surface area contributed by atoms with Crippen LogP contribution in [0.25, 0.3) is 6.08 Å². The van der Waals surface area contributed by atoms with E-state index in [1.54, 1.807) is 6.08 Å². The van der Waals surface area contributed by atoms with Crippen molar-refractivity contribution in [3.8, 4) is 17.2 Å². The Labute approximate surface area is 166 Å². The van der Waals surface area contributed by atoms with Gasteiger partial charge in [0, 0.05) is 23.3 Å². The number of alkyl halides is 6. The van der Waals surface area contributed by atoms with Crippen molar-refractivity contribution in [1.29, 1.82) is 0 Å². The largest absolute Gasteiger partial charge is 0.496 e. The number of halogens is 6. The van der Waals surface area contributed by atoms with Crippen LogP contribution in [0.2, 0.25) is 0 Å². The molecular formula is C20H14F6O4. The summed E-state index contributed by atoms with van der Waals surface area (Å²) in [4.78, 5) is 10.9. The summed E-state index contributed by atoms with van der Waals surface area (Å²) >= 11 is 0. The number of ether oxygens (including phenoxy) is 3. The van der Waals surface area contributed by atoms with Gasteiger partial charge in [-0.3, -0.25) is 4.79 Å². The molecule has 0 aliphatic carbocycles. The molecule has 0 bridgehead atoms. The number of rotatable bonds is 5. The fourth-order valence-corrected chi connectivity index (χ4v) is 2.85. The van der Waals surface area contributed by atoms with E-state index in [-0.39, 0.29) is 24.2 Å². The first-order chi connectivity index (χ1) is 14.0. The van der Waals surface area contributed by atoms with Crippen molar-refractivity contribution >= 4 is 12.4 Å². The summed E-state index contributed by atoms with van der Waals surface area (Å²) in [7, 11) is 1.35. The summed E-state index contributed by atoms with van der Waals surface area (Å²) in [5.41, 5.74) is -2.47. The molecule has 0 unspecified atom stereocenters. The van der Waals surface area contributed by atoms with Crippen LogP contribution in [0.1, 0.15) is 22.3 Å². The Balaban J connectivity index is 1.91. The predicted octanol–water partition coefficient (Wildman–Crippen LogP) is 5.29. The van der Waals surface area contributed by atoms with Gasteiger partial charge in [-0.25, -0.2) is 0 Å². The number of benzene rings is 2. The summed E-state index contributed by atoms with van der Waals surface area (Å²) in [5, 5.41) is 0. The zero-order chi connectivity index (χ0) is 22.1. The van der Waals surface area contributed by atoms with E-state index in [1.807, 2.05) is 0 Å². The molecule has 0 saturated heterocycles. The highest BCUT2D eigenvalue weighted by Crippen LogP contribution is 2.40. The Morgan fingerprint density at radius 3 is 2.40 bits per heavy atom. The van der Waals surface area contributed by atoms with E-state index in [4.69, 9.17) is 14.2 Å². The number of carbonyl (C=O) groups excluding carboxylic acids is 1. The summed E-state index contributed by atoms with van der Waals surface area (Å²) in [5.74, 6) is 0.630. The third-order valence-electron chi connectivity index (χ3n) is 4.31. The summed E-state index contributed by atoms with van der Waals surface area (Å²) < 4.78 is 94.1. The minimum Gasteiger partial charge on any atom is -0.496 e. The molecule has 0 spiro atoms. The molecule has 0 fully saturated rings. The topological polar surface area (TPSA) is 44.8 Å². The first kappa shape index (κ1) is 21.5. The molecule has 0 saturated carbocycles. The second-order valence-corrected chi connectivity index (χ2v) is 6.32. The average Bonchev–Trinajstić information content (AvgIpc) is 2.69. The van der Waals surface area contributed by atoms with Gasteiger partial charge < -0.3 is 14.2 Å². The second kappa shape index (κ2) is 7.92. The first-order valence-corrected chi connectivity index (χ1v) is 8.43. The maximum Gasteiger partial charge on any atom is 0.416 e. The molecule has 3 rings (SSSR count). The molecule has 1 heterocycles. The number of carbonyl (C=O) groups is 1. The number of aldehydes is 1. The van der Waals surface area contributed by atoms with Crippen LogP contribution in [0.3, 0.4) is 0 Å². The number of fused-ring (bicyclic) bond motifs is 1. The zero-order valence-electron chi connectivity index (χ0n) is 15.4. The van der Waals surface area contributed by atoms with Crippen molar-refractivity contribution in [2.24, 2.45) is 0 Å². The van der Waals surface area contributed by atoms with E-state index in [2.05, 4.69) is 0 Å². The van der Waals surface area contributed by atoms with Crippen molar-refractivity contribution in [2.45, 2.75) is 19.0 Å². The molecule has 0 amide bonds. The number of methoxy groups -OCH3 is 1. The van der Waals surface area contributed by atoms with Gasteiger partial charge in [-0.15, -0.1) is 0 Å². The van der Waals surface area contributed by atoms with Crippen LogP contribution in [0.15, 0.2) is 35.9 Å². The molecule has 10 heteroatoms. The Hall–Kier alpha value is -3.17. The zero-order valence-corrected chi connectivity index (χ0v) is 15.4. The lowest BCUT2D eigenvalue weighted by atomic mass is 10.0. The van der Waals surface area contributed by atoms with Crippen LogP contribution in [0.5, 0.6) is 17.2 Å². The summed E-state index contributed by atoms with van der Waals surface area (Å²) in [6.45, 7) is -0.634. The Bertz CT molecular complexity index is 992. The van der Waals surface area contributed by atoms with Crippen LogP contribution >= 0.6 is 0 Å². The van der Waals surface area contributed by atoms with Crippen LogP contribution < -0.4 is 14.2 Å². The van der Waals surface area contributed by atoms with Gasteiger partial charge in [-0.2, -0.15) is 26.3 Å². The Morgan fingerprint density at radius 2 is 1.80 bits per heavy atom.